The summed E-state index contributed by atoms with van der Waals surface area (Å²) < 4.78 is 5.60. The first-order valence-electron chi connectivity index (χ1n) is 9.84. The fraction of sp³-hybridized carbons (Fsp3) is 0.375. The molecule has 1 aromatic rings. The van der Waals surface area contributed by atoms with E-state index in [1.165, 1.54) is 0 Å². The summed E-state index contributed by atoms with van der Waals surface area (Å²) in [7, 11) is 0. The Hall–Kier alpha value is -3.15. The molecule has 0 aromatic heterocycles. The van der Waals surface area contributed by atoms with Gasteiger partial charge in [-0.05, 0) is 51.8 Å². The summed E-state index contributed by atoms with van der Waals surface area (Å²) in [6.45, 7) is 9.52. The third-order valence-electron chi connectivity index (χ3n) is 4.65. The maximum Gasteiger partial charge on any atom is 0.306 e. The fourth-order valence-corrected chi connectivity index (χ4v) is 3.40. The van der Waals surface area contributed by atoms with Gasteiger partial charge in [0.15, 0.2) is 11.6 Å². The standard InChI is InChI=1S/C24H28O6/c1-13(2)6-9-20(30-21(28)11-15(5)10-14(3)4)16-12-19(27)22-17(25)7-8-18(26)23(22)24(16)29/h6-8,10,12,15,20,25-26H,9,11H2,1-5H3. The van der Waals surface area contributed by atoms with Gasteiger partial charge in [0, 0.05) is 12.0 Å². The SMILES string of the molecule is CC(C)=CCC(OC(=O)CC(C)C=C(C)C)C1=CC(=O)c2c(O)ccc(O)c2C1=O. The number of carbonyl (C=O) groups is 3. The number of benzene rings is 1. The number of Topliss-reactive ketones (excluding diaryl/α,β-unsaturated/α-hetero) is 1. The van der Waals surface area contributed by atoms with Crippen LogP contribution in [0, 0.1) is 5.92 Å². The van der Waals surface area contributed by atoms with Gasteiger partial charge in [-0.1, -0.05) is 30.2 Å². The van der Waals surface area contributed by atoms with E-state index in [0.29, 0.717) is 0 Å². The Balaban J connectivity index is 2.38. The van der Waals surface area contributed by atoms with E-state index in [-0.39, 0.29) is 41.2 Å². The van der Waals surface area contributed by atoms with E-state index in [1.54, 1.807) is 0 Å². The highest BCUT2D eigenvalue weighted by atomic mass is 16.5. The lowest BCUT2D eigenvalue weighted by Crippen LogP contribution is -2.29. The molecule has 1 aliphatic carbocycles. The number of hydrogen-bond acceptors (Lipinski definition) is 6. The first-order chi connectivity index (χ1) is 14.0. The smallest absolute Gasteiger partial charge is 0.306 e. The number of aromatic hydroxyl groups is 2. The lowest BCUT2D eigenvalue weighted by molar-refractivity contribution is -0.147. The number of phenols is 2. The Bertz CT molecular complexity index is 956. The summed E-state index contributed by atoms with van der Waals surface area (Å²) in [6.07, 6.45) is 4.23. The minimum Gasteiger partial charge on any atom is -0.507 e. The molecule has 30 heavy (non-hydrogen) atoms. The van der Waals surface area contributed by atoms with E-state index in [4.69, 9.17) is 4.74 Å². The lowest BCUT2D eigenvalue weighted by atomic mass is 9.85. The zero-order valence-electron chi connectivity index (χ0n) is 18.0. The molecule has 0 heterocycles. The Labute approximate surface area is 176 Å². The number of fused-ring (bicyclic) bond motifs is 1. The van der Waals surface area contributed by atoms with Gasteiger partial charge in [0.05, 0.1) is 17.5 Å². The normalized spacial score (nSPS) is 14.9. The molecule has 0 aliphatic heterocycles. The van der Waals surface area contributed by atoms with Gasteiger partial charge >= 0.3 is 5.97 Å². The van der Waals surface area contributed by atoms with E-state index < -0.39 is 29.4 Å². The van der Waals surface area contributed by atoms with Crippen LogP contribution in [0.2, 0.25) is 0 Å². The maximum absolute atomic E-state index is 13.1. The van der Waals surface area contributed by atoms with E-state index >= 15 is 0 Å². The summed E-state index contributed by atoms with van der Waals surface area (Å²) >= 11 is 0. The van der Waals surface area contributed by atoms with Crippen molar-refractivity contribution in [3.8, 4) is 11.5 Å². The highest BCUT2D eigenvalue weighted by Gasteiger charge is 2.35. The number of rotatable bonds is 7. The molecular weight excluding hydrogens is 384 g/mol. The highest BCUT2D eigenvalue weighted by molar-refractivity contribution is 6.27. The van der Waals surface area contributed by atoms with Crippen molar-refractivity contribution in [3.63, 3.8) is 0 Å². The van der Waals surface area contributed by atoms with Crippen LogP contribution in [0.4, 0.5) is 0 Å². The number of hydrogen-bond donors (Lipinski definition) is 2. The van der Waals surface area contributed by atoms with Crippen molar-refractivity contribution >= 4 is 17.5 Å². The molecule has 6 heteroatoms. The van der Waals surface area contributed by atoms with Crippen molar-refractivity contribution in [1.82, 2.24) is 0 Å². The van der Waals surface area contributed by atoms with Gasteiger partial charge in [-0.2, -0.15) is 0 Å². The number of phenolic OH excluding ortho intramolecular Hbond substituents is 2. The molecule has 6 nitrogen and oxygen atoms in total. The molecule has 0 amide bonds. The zero-order chi connectivity index (χ0) is 22.6. The van der Waals surface area contributed by atoms with Crippen LogP contribution in [0.3, 0.4) is 0 Å². The molecule has 2 atom stereocenters. The molecular formula is C24H28O6. The number of allylic oxidation sites excluding steroid dienone is 4. The number of carbonyl (C=O) groups excluding carboxylic acids is 3. The molecule has 0 saturated heterocycles. The topological polar surface area (TPSA) is 101 Å². The monoisotopic (exact) mass is 412 g/mol. The van der Waals surface area contributed by atoms with Crippen LogP contribution in [0.25, 0.3) is 0 Å². The summed E-state index contributed by atoms with van der Waals surface area (Å²) in [4.78, 5) is 38.1. The predicted octanol–water partition coefficient (Wildman–Crippen LogP) is 4.66. The summed E-state index contributed by atoms with van der Waals surface area (Å²) in [6, 6.07) is 2.31. The quantitative estimate of drug-likeness (QED) is 0.384. The van der Waals surface area contributed by atoms with Crippen LogP contribution < -0.4 is 0 Å². The molecule has 2 N–H and O–H groups in total. The van der Waals surface area contributed by atoms with E-state index in [2.05, 4.69) is 0 Å². The van der Waals surface area contributed by atoms with Crippen LogP contribution in [0.5, 0.6) is 11.5 Å². The minimum absolute atomic E-state index is 0.0193. The van der Waals surface area contributed by atoms with E-state index in [1.807, 2.05) is 46.8 Å². The van der Waals surface area contributed by atoms with Gasteiger partial charge < -0.3 is 14.9 Å². The third kappa shape index (κ3) is 5.47. The van der Waals surface area contributed by atoms with Crippen LogP contribution in [-0.2, 0) is 9.53 Å². The number of ether oxygens (including phenoxy) is 1. The first-order valence-corrected chi connectivity index (χ1v) is 9.84. The van der Waals surface area contributed by atoms with E-state index in [0.717, 1.165) is 29.4 Å². The first kappa shape index (κ1) is 23.1. The van der Waals surface area contributed by atoms with Crippen molar-refractivity contribution in [2.24, 2.45) is 5.92 Å². The van der Waals surface area contributed by atoms with Gasteiger partial charge in [-0.3, -0.25) is 14.4 Å². The molecule has 1 aliphatic rings. The molecule has 160 valence electrons. The zero-order valence-corrected chi connectivity index (χ0v) is 18.0. The molecule has 0 radical (unpaired) electrons. The highest BCUT2D eigenvalue weighted by Crippen LogP contribution is 2.36. The summed E-state index contributed by atoms with van der Waals surface area (Å²) in [5.41, 5.74) is 1.51. The van der Waals surface area contributed by atoms with Gasteiger partial charge in [-0.15, -0.1) is 0 Å². The molecule has 0 bridgehead atoms. The van der Waals surface area contributed by atoms with Crippen LogP contribution in [-0.4, -0.2) is 33.9 Å². The molecule has 2 unspecified atom stereocenters. The number of esters is 1. The lowest BCUT2D eigenvalue weighted by Gasteiger charge is -2.24. The van der Waals surface area contributed by atoms with Crippen molar-refractivity contribution < 1.29 is 29.3 Å². The minimum atomic E-state index is -0.974. The van der Waals surface area contributed by atoms with Crippen LogP contribution in [0.15, 0.2) is 47.1 Å². The Morgan fingerprint density at radius 2 is 1.63 bits per heavy atom. The summed E-state index contributed by atoms with van der Waals surface area (Å²) in [5, 5.41) is 20.1. The molecule has 0 fully saturated rings. The van der Waals surface area contributed by atoms with Gasteiger partial charge in [0.25, 0.3) is 0 Å². The molecule has 0 spiro atoms. The van der Waals surface area contributed by atoms with E-state index in [9.17, 15) is 24.6 Å². The largest absolute Gasteiger partial charge is 0.507 e. The van der Waals surface area contributed by atoms with Gasteiger partial charge in [-0.25, -0.2) is 0 Å². The van der Waals surface area contributed by atoms with Gasteiger partial charge in [0.2, 0.25) is 0 Å². The Morgan fingerprint density at radius 1 is 1.03 bits per heavy atom. The Morgan fingerprint density at radius 3 is 2.20 bits per heavy atom. The van der Waals surface area contributed by atoms with Crippen molar-refractivity contribution in [1.29, 1.82) is 0 Å². The second-order valence-corrected chi connectivity index (χ2v) is 8.07. The van der Waals surface area contributed by atoms with Crippen molar-refractivity contribution in [3.05, 3.63) is 58.2 Å². The molecule has 0 saturated carbocycles. The predicted molar refractivity (Wildman–Crippen MR) is 114 cm³/mol. The molecule has 1 aromatic carbocycles. The summed E-state index contributed by atoms with van der Waals surface area (Å²) in [5.74, 6) is -2.58. The van der Waals surface area contributed by atoms with Crippen LogP contribution in [0.1, 0.15) is 68.2 Å². The fourth-order valence-electron chi connectivity index (χ4n) is 3.40. The van der Waals surface area contributed by atoms with Crippen molar-refractivity contribution in [2.45, 2.75) is 53.6 Å². The average Bonchev–Trinajstić information content (AvgIpc) is 2.62. The third-order valence-corrected chi connectivity index (χ3v) is 4.65. The second-order valence-electron chi connectivity index (χ2n) is 8.07. The second kappa shape index (κ2) is 9.57. The van der Waals surface area contributed by atoms with Crippen molar-refractivity contribution in [2.75, 3.05) is 0 Å². The van der Waals surface area contributed by atoms with Gasteiger partial charge in [0.1, 0.15) is 17.6 Å². The maximum atomic E-state index is 13.1. The number of ketones is 2. The average molecular weight is 412 g/mol. The Kier molecular flexibility index (Phi) is 7.38. The molecule has 2 rings (SSSR count). The van der Waals surface area contributed by atoms with Crippen LogP contribution >= 0.6 is 0 Å².